The number of nitrogens with zero attached hydrogens (tertiary/aromatic N) is 1. The van der Waals surface area contributed by atoms with Gasteiger partial charge < -0.3 is 10.1 Å². The number of piperidine rings is 1. The van der Waals surface area contributed by atoms with E-state index >= 15 is 0 Å². The third-order valence-corrected chi connectivity index (χ3v) is 2.95. The standard InChI is InChI=1S/C12H16N2O3.ClH/c1-9-8-10(14(15)16)2-3-12(9)17-11-4-6-13-7-5-11;/h2-3,8,11,13H,4-7H2,1H3;1H. The molecular formula is C12H17ClN2O3. The van der Waals surface area contributed by atoms with Crippen molar-refractivity contribution in [2.45, 2.75) is 25.9 Å². The van der Waals surface area contributed by atoms with Gasteiger partial charge in [0.15, 0.2) is 0 Å². The summed E-state index contributed by atoms with van der Waals surface area (Å²) in [5.74, 6) is 0.752. The molecule has 1 N–H and O–H groups in total. The van der Waals surface area contributed by atoms with E-state index in [0.29, 0.717) is 0 Å². The van der Waals surface area contributed by atoms with Crippen LogP contribution in [0.3, 0.4) is 0 Å². The Hall–Kier alpha value is -1.33. The Labute approximate surface area is 112 Å². The maximum absolute atomic E-state index is 10.6. The lowest BCUT2D eigenvalue weighted by atomic mass is 10.1. The van der Waals surface area contributed by atoms with E-state index in [0.717, 1.165) is 37.2 Å². The third kappa shape index (κ3) is 3.58. The molecule has 1 aliphatic heterocycles. The summed E-state index contributed by atoms with van der Waals surface area (Å²) in [5.41, 5.74) is 0.929. The van der Waals surface area contributed by atoms with Crippen LogP contribution in [0.4, 0.5) is 5.69 Å². The highest BCUT2D eigenvalue weighted by atomic mass is 35.5. The van der Waals surface area contributed by atoms with Crippen molar-refractivity contribution in [2.75, 3.05) is 13.1 Å². The van der Waals surface area contributed by atoms with Gasteiger partial charge in [0.25, 0.3) is 5.69 Å². The van der Waals surface area contributed by atoms with E-state index < -0.39 is 0 Å². The molecule has 1 aromatic rings. The Bertz CT molecular complexity index is 420. The minimum absolute atomic E-state index is 0. The zero-order valence-electron chi connectivity index (χ0n) is 10.2. The normalized spacial score (nSPS) is 15.8. The number of nitrogens with one attached hydrogen (secondary N) is 1. The molecule has 0 bridgehead atoms. The van der Waals surface area contributed by atoms with Gasteiger partial charge in [0.2, 0.25) is 0 Å². The molecule has 0 aliphatic carbocycles. The molecule has 0 aromatic heterocycles. The summed E-state index contributed by atoms with van der Waals surface area (Å²) in [7, 11) is 0. The van der Waals surface area contributed by atoms with Crippen LogP contribution in [0.5, 0.6) is 5.75 Å². The van der Waals surface area contributed by atoms with E-state index in [1.54, 1.807) is 12.1 Å². The molecule has 2 rings (SSSR count). The topological polar surface area (TPSA) is 64.4 Å². The van der Waals surface area contributed by atoms with Crippen molar-refractivity contribution in [1.82, 2.24) is 5.32 Å². The summed E-state index contributed by atoms with van der Waals surface area (Å²) in [4.78, 5) is 10.2. The molecule has 0 saturated carbocycles. The van der Waals surface area contributed by atoms with Gasteiger partial charge in [-0.15, -0.1) is 12.4 Å². The predicted molar refractivity (Wildman–Crippen MR) is 71.6 cm³/mol. The van der Waals surface area contributed by atoms with Crippen LogP contribution in [0, 0.1) is 17.0 Å². The summed E-state index contributed by atoms with van der Waals surface area (Å²) in [6.07, 6.45) is 2.18. The van der Waals surface area contributed by atoms with Gasteiger partial charge in [-0.2, -0.15) is 0 Å². The highest BCUT2D eigenvalue weighted by Crippen LogP contribution is 2.25. The van der Waals surface area contributed by atoms with Crippen LogP contribution in [0.1, 0.15) is 18.4 Å². The predicted octanol–water partition coefficient (Wildman–Crippen LogP) is 2.46. The second-order valence-corrected chi connectivity index (χ2v) is 4.27. The number of halogens is 1. The van der Waals surface area contributed by atoms with Gasteiger partial charge in [0.05, 0.1) is 4.92 Å². The molecule has 1 saturated heterocycles. The van der Waals surface area contributed by atoms with Crippen molar-refractivity contribution < 1.29 is 9.66 Å². The van der Waals surface area contributed by atoms with Crippen LogP contribution in [0.15, 0.2) is 18.2 Å². The zero-order valence-corrected chi connectivity index (χ0v) is 11.0. The number of rotatable bonds is 3. The van der Waals surface area contributed by atoms with E-state index in [1.165, 1.54) is 6.07 Å². The Morgan fingerprint density at radius 1 is 1.39 bits per heavy atom. The number of aryl methyl sites for hydroxylation is 1. The molecule has 0 amide bonds. The maximum Gasteiger partial charge on any atom is 0.269 e. The first-order chi connectivity index (χ1) is 8.16. The Balaban J connectivity index is 0.00000162. The second kappa shape index (κ2) is 6.56. The first-order valence-electron chi connectivity index (χ1n) is 5.79. The van der Waals surface area contributed by atoms with E-state index in [4.69, 9.17) is 4.74 Å². The molecular weight excluding hydrogens is 256 g/mol. The monoisotopic (exact) mass is 272 g/mol. The second-order valence-electron chi connectivity index (χ2n) is 4.27. The van der Waals surface area contributed by atoms with E-state index in [1.807, 2.05) is 6.92 Å². The lowest BCUT2D eigenvalue weighted by Crippen LogP contribution is -2.34. The molecule has 0 unspecified atom stereocenters. The van der Waals surface area contributed by atoms with E-state index in [-0.39, 0.29) is 29.1 Å². The van der Waals surface area contributed by atoms with Gasteiger partial charge in [-0.05, 0) is 44.5 Å². The fourth-order valence-electron chi connectivity index (χ4n) is 1.97. The lowest BCUT2D eigenvalue weighted by molar-refractivity contribution is -0.384. The van der Waals surface area contributed by atoms with Gasteiger partial charge >= 0.3 is 0 Å². The van der Waals surface area contributed by atoms with Crippen LogP contribution >= 0.6 is 12.4 Å². The van der Waals surface area contributed by atoms with Gasteiger partial charge in [-0.25, -0.2) is 0 Å². The van der Waals surface area contributed by atoms with Crippen molar-refractivity contribution in [3.63, 3.8) is 0 Å². The van der Waals surface area contributed by atoms with Crippen LogP contribution < -0.4 is 10.1 Å². The fourth-order valence-corrected chi connectivity index (χ4v) is 1.97. The number of ether oxygens (including phenoxy) is 1. The Morgan fingerprint density at radius 3 is 2.61 bits per heavy atom. The highest BCUT2D eigenvalue weighted by molar-refractivity contribution is 5.85. The number of hydrogen-bond donors (Lipinski definition) is 1. The van der Waals surface area contributed by atoms with Crippen molar-refractivity contribution in [1.29, 1.82) is 0 Å². The van der Waals surface area contributed by atoms with Crippen LogP contribution in [-0.4, -0.2) is 24.1 Å². The Kier molecular flexibility index (Phi) is 5.37. The molecule has 5 nitrogen and oxygen atoms in total. The molecule has 1 aliphatic rings. The SMILES string of the molecule is Cc1cc([N+](=O)[O-])ccc1OC1CCNCC1.Cl. The van der Waals surface area contributed by atoms with Gasteiger partial charge in [-0.1, -0.05) is 0 Å². The van der Waals surface area contributed by atoms with Crippen LogP contribution in [0.25, 0.3) is 0 Å². The number of benzene rings is 1. The average Bonchev–Trinajstić information content (AvgIpc) is 2.33. The van der Waals surface area contributed by atoms with Crippen molar-refractivity contribution in [3.05, 3.63) is 33.9 Å². The minimum atomic E-state index is -0.388. The van der Waals surface area contributed by atoms with E-state index in [2.05, 4.69) is 5.32 Å². The van der Waals surface area contributed by atoms with Crippen molar-refractivity contribution >= 4 is 18.1 Å². The lowest BCUT2D eigenvalue weighted by Gasteiger charge is -2.24. The zero-order chi connectivity index (χ0) is 12.3. The summed E-state index contributed by atoms with van der Waals surface area (Å²) in [5, 5.41) is 13.9. The summed E-state index contributed by atoms with van der Waals surface area (Å²) in [6, 6.07) is 4.73. The number of nitro groups is 1. The quantitative estimate of drug-likeness (QED) is 0.678. The van der Waals surface area contributed by atoms with Crippen molar-refractivity contribution in [3.8, 4) is 5.75 Å². The van der Waals surface area contributed by atoms with Crippen LogP contribution in [-0.2, 0) is 0 Å². The molecule has 1 aromatic carbocycles. The summed E-state index contributed by atoms with van der Waals surface area (Å²) < 4.78 is 5.86. The average molecular weight is 273 g/mol. The first-order valence-corrected chi connectivity index (χ1v) is 5.79. The van der Waals surface area contributed by atoms with Gasteiger partial charge in [0.1, 0.15) is 11.9 Å². The number of non-ortho nitro benzene ring substituents is 1. The Morgan fingerprint density at radius 2 is 2.06 bits per heavy atom. The largest absolute Gasteiger partial charge is 0.490 e. The van der Waals surface area contributed by atoms with Crippen LogP contribution in [0.2, 0.25) is 0 Å². The fraction of sp³-hybridized carbons (Fsp3) is 0.500. The molecule has 0 spiro atoms. The molecule has 0 atom stereocenters. The molecule has 6 heteroatoms. The molecule has 1 fully saturated rings. The number of nitro benzene ring substituents is 1. The highest BCUT2D eigenvalue weighted by Gasteiger charge is 2.16. The molecule has 0 radical (unpaired) electrons. The molecule has 100 valence electrons. The molecule has 18 heavy (non-hydrogen) atoms. The van der Waals surface area contributed by atoms with E-state index in [9.17, 15) is 10.1 Å². The summed E-state index contributed by atoms with van der Waals surface area (Å²) >= 11 is 0. The summed E-state index contributed by atoms with van der Waals surface area (Å²) in [6.45, 7) is 3.77. The molecule has 1 heterocycles. The van der Waals surface area contributed by atoms with Gasteiger partial charge in [-0.3, -0.25) is 10.1 Å². The third-order valence-electron chi connectivity index (χ3n) is 2.95. The number of hydrogen-bond acceptors (Lipinski definition) is 4. The minimum Gasteiger partial charge on any atom is -0.490 e. The van der Waals surface area contributed by atoms with Gasteiger partial charge in [0, 0.05) is 12.1 Å². The van der Waals surface area contributed by atoms with Crippen molar-refractivity contribution in [2.24, 2.45) is 0 Å². The first kappa shape index (κ1) is 14.7. The maximum atomic E-state index is 10.6. The smallest absolute Gasteiger partial charge is 0.269 e.